The molecular weight excluding hydrogens is 406 g/mol. The quantitative estimate of drug-likeness (QED) is 0.416. The van der Waals surface area contributed by atoms with Crippen LogP contribution < -0.4 is 16.0 Å². The van der Waals surface area contributed by atoms with Gasteiger partial charge in [-0.25, -0.2) is 13.8 Å². The normalized spacial score (nSPS) is 17.4. The van der Waals surface area contributed by atoms with Crippen molar-refractivity contribution in [2.45, 2.75) is 31.8 Å². The molecule has 0 atom stereocenters. The highest BCUT2D eigenvalue weighted by Gasteiger charge is 2.25. The zero-order valence-electron chi connectivity index (χ0n) is 16.3. The van der Waals surface area contributed by atoms with Gasteiger partial charge in [-0.1, -0.05) is 6.07 Å². The molecule has 0 unspecified atom stereocenters. The average molecular weight is 424 g/mol. The molecule has 1 aliphatic heterocycles. The largest absolute Gasteiger partial charge is 0.367 e. The summed E-state index contributed by atoms with van der Waals surface area (Å²) in [6, 6.07) is 5.76. The van der Waals surface area contributed by atoms with E-state index in [2.05, 4.69) is 26.0 Å². The third-order valence-electron chi connectivity index (χ3n) is 5.16. The third-order valence-corrected chi connectivity index (χ3v) is 5.16. The number of carbonyl (C=O) groups excluding carboxylic acids is 2. The van der Waals surface area contributed by atoms with Crippen molar-refractivity contribution < 1.29 is 18.4 Å². The van der Waals surface area contributed by atoms with Crippen LogP contribution in [0.3, 0.4) is 0 Å². The topological polar surface area (TPSA) is 100 Å². The Morgan fingerprint density at radius 1 is 1.23 bits per heavy atom. The number of anilines is 2. The smallest absolute Gasteiger partial charge is 0.254 e. The summed E-state index contributed by atoms with van der Waals surface area (Å²) >= 11 is 0. The first-order valence-electron chi connectivity index (χ1n) is 9.85. The summed E-state index contributed by atoms with van der Waals surface area (Å²) < 4.78 is 29.6. The number of benzene rings is 1. The van der Waals surface area contributed by atoms with Gasteiger partial charge in [0.25, 0.3) is 5.91 Å². The second kappa shape index (κ2) is 7.46. The number of rotatable bonds is 6. The lowest BCUT2D eigenvalue weighted by Gasteiger charge is -2.12. The molecule has 0 radical (unpaired) electrons. The Bertz CT molecular complexity index is 1230. The van der Waals surface area contributed by atoms with E-state index in [1.165, 1.54) is 18.2 Å². The standard InChI is InChI=1S/C21H18F2N6O2/c22-15-2-1-3-16(23)14(15)10-24-17-8-18(26-13-4-5-13)29-20(27-17)12(9-25-29)6-11-7-19(30)28-21(11)31/h1-3,6,8-9,13,26H,4-5,7,10H2,(H,24,27)(H,28,30,31). The number of fused-ring (bicyclic) bond motifs is 1. The van der Waals surface area contributed by atoms with Crippen LogP contribution in [0.2, 0.25) is 0 Å². The zero-order chi connectivity index (χ0) is 21.5. The maximum Gasteiger partial charge on any atom is 0.254 e. The van der Waals surface area contributed by atoms with E-state index in [-0.39, 0.29) is 24.4 Å². The molecule has 2 aliphatic rings. The summed E-state index contributed by atoms with van der Waals surface area (Å²) in [6.45, 7) is -0.0913. The van der Waals surface area contributed by atoms with E-state index in [4.69, 9.17) is 0 Å². The molecule has 5 rings (SSSR count). The minimum Gasteiger partial charge on any atom is -0.367 e. The minimum atomic E-state index is -0.642. The minimum absolute atomic E-state index is 0.00610. The van der Waals surface area contributed by atoms with Gasteiger partial charge >= 0.3 is 0 Å². The highest BCUT2D eigenvalue weighted by atomic mass is 19.1. The van der Waals surface area contributed by atoms with Gasteiger partial charge in [0.2, 0.25) is 5.91 Å². The SMILES string of the molecule is O=C1CC(=Cc2cnn3c(NC4CC4)cc(NCc4c(F)cccc4F)nc23)C(=O)N1. The number of nitrogens with zero attached hydrogens (tertiary/aromatic N) is 3. The summed E-state index contributed by atoms with van der Waals surface area (Å²) in [5.41, 5.74) is 1.24. The predicted octanol–water partition coefficient (Wildman–Crippen LogP) is 2.62. The molecule has 1 aliphatic carbocycles. The van der Waals surface area contributed by atoms with Gasteiger partial charge < -0.3 is 10.6 Å². The Kier molecular flexibility index (Phi) is 4.61. The lowest BCUT2D eigenvalue weighted by Crippen LogP contribution is -2.19. The van der Waals surface area contributed by atoms with Gasteiger partial charge in [0.15, 0.2) is 5.65 Å². The number of hydrogen-bond acceptors (Lipinski definition) is 6. The summed E-state index contributed by atoms with van der Waals surface area (Å²) in [7, 11) is 0. The van der Waals surface area contributed by atoms with Crippen LogP contribution in [0.25, 0.3) is 11.7 Å². The molecule has 3 heterocycles. The third kappa shape index (κ3) is 3.83. The Morgan fingerprint density at radius 2 is 2.00 bits per heavy atom. The second-order valence-electron chi connectivity index (χ2n) is 7.56. The Morgan fingerprint density at radius 3 is 2.68 bits per heavy atom. The number of halogens is 2. The Hall–Kier alpha value is -3.82. The van der Waals surface area contributed by atoms with Crippen LogP contribution in [-0.4, -0.2) is 32.5 Å². The molecule has 3 N–H and O–H groups in total. The average Bonchev–Trinajstić information content (AvgIpc) is 3.36. The van der Waals surface area contributed by atoms with E-state index in [1.807, 2.05) is 0 Å². The fourth-order valence-corrected chi connectivity index (χ4v) is 3.40. The van der Waals surface area contributed by atoms with Crippen molar-refractivity contribution in [3.05, 3.63) is 58.8 Å². The van der Waals surface area contributed by atoms with E-state index in [0.717, 1.165) is 12.8 Å². The van der Waals surface area contributed by atoms with Crippen LogP contribution in [0.1, 0.15) is 30.4 Å². The molecule has 3 aromatic rings. The highest BCUT2D eigenvalue weighted by molar-refractivity contribution is 6.15. The lowest BCUT2D eigenvalue weighted by molar-refractivity contribution is -0.124. The lowest BCUT2D eigenvalue weighted by atomic mass is 10.1. The summed E-state index contributed by atoms with van der Waals surface area (Å²) in [4.78, 5) is 27.9. The molecular formula is C21H18F2N6O2. The van der Waals surface area contributed by atoms with Gasteiger partial charge in [0.05, 0.1) is 12.6 Å². The Balaban J connectivity index is 1.51. The van der Waals surface area contributed by atoms with E-state index in [1.54, 1.807) is 22.9 Å². The van der Waals surface area contributed by atoms with Crippen LogP contribution in [0.5, 0.6) is 0 Å². The highest BCUT2D eigenvalue weighted by Crippen LogP contribution is 2.28. The molecule has 10 heteroatoms. The van der Waals surface area contributed by atoms with Gasteiger partial charge in [-0.2, -0.15) is 9.61 Å². The van der Waals surface area contributed by atoms with Crippen molar-refractivity contribution in [2.24, 2.45) is 0 Å². The van der Waals surface area contributed by atoms with Gasteiger partial charge in [-0.05, 0) is 31.1 Å². The second-order valence-corrected chi connectivity index (χ2v) is 7.56. The van der Waals surface area contributed by atoms with Gasteiger partial charge in [-0.15, -0.1) is 0 Å². The maximum atomic E-state index is 14.0. The summed E-state index contributed by atoms with van der Waals surface area (Å²) in [5, 5.41) is 12.9. The molecule has 2 amide bonds. The first kappa shape index (κ1) is 19.2. The van der Waals surface area contributed by atoms with Crippen LogP contribution in [0.4, 0.5) is 20.4 Å². The van der Waals surface area contributed by atoms with Crippen LogP contribution in [0, 0.1) is 11.6 Å². The molecule has 8 nitrogen and oxygen atoms in total. The number of carbonyl (C=O) groups is 2. The van der Waals surface area contributed by atoms with E-state index in [0.29, 0.717) is 34.5 Å². The monoisotopic (exact) mass is 424 g/mol. The van der Waals surface area contributed by atoms with Crippen molar-refractivity contribution in [3.63, 3.8) is 0 Å². The van der Waals surface area contributed by atoms with Crippen molar-refractivity contribution in [1.29, 1.82) is 0 Å². The molecule has 1 aromatic carbocycles. The van der Waals surface area contributed by atoms with Gasteiger partial charge in [0.1, 0.15) is 23.3 Å². The molecule has 0 spiro atoms. The van der Waals surface area contributed by atoms with Crippen molar-refractivity contribution >= 4 is 35.2 Å². The number of hydrogen-bond donors (Lipinski definition) is 3. The van der Waals surface area contributed by atoms with E-state index < -0.39 is 17.5 Å². The number of imide groups is 1. The van der Waals surface area contributed by atoms with Crippen LogP contribution in [0.15, 0.2) is 36.0 Å². The predicted molar refractivity (Wildman–Crippen MR) is 109 cm³/mol. The summed E-state index contributed by atoms with van der Waals surface area (Å²) in [6.07, 6.45) is 5.20. The van der Waals surface area contributed by atoms with Crippen LogP contribution in [-0.2, 0) is 16.1 Å². The number of nitrogens with one attached hydrogen (secondary N) is 3. The van der Waals surface area contributed by atoms with Crippen molar-refractivity contribution in [1.82, 2.24) is 19.9 Å². The summed E-state index contributed by atoms with van der Waals surface area (Å²) in [5.74, 6) is -1.02. The van der Waals surface area contributed by atoms with E-state index >= 15 is 0 Å². The molecule has 0 bridgehead atoms. The molecule has 31 heavy (non-hydrogen) atoms. The van der Waals surface area contributed by atoms with Crippen molar-refractivity contribution in [2.75, 3.05) is 10.6 Å². The fourth-order valence-electron chi connectivity index (χ4n) is 3.40. The van der Waals surface area contributed by atoms with Gasteiger partial charge in [-0.3, -0.25) is 14.9 Å². The number of amides is 2. The molecule has 1 saturated carbocycles. The molecule has 1 saturated heterocycles. The zero-order valence-corrected chi connectivity index (χ0v) is 16.3. The van der Waals surface area contributed by atoms with E-state index in [9.17, 15) is 18.4 Å². The van der Waals surface area contributed by atoms with Gasteiger partial charge in [0, 0.05) is 35.4 Å². The first-order valence-corrected chi connectivity index (χ1v) is 9.85. The molecule has 2 fully saturated rings. The maximum absolute atomic E-state index is 14.0. The molecule has 158 valence electrons. The fraction of sp³-hybridized carbons (Fsp3) is 0.238. The Labute approximate surface area is 175 Å². The van der Waals surface area contributed by atoms with Crippen LogP contribution >= 0.6 is 0 Å². The van der Waals surface area contributed by atoms with Crippen molar-refractivity contribution in [3.8, 4) is 0 Å². The first-order chi connectivity index (χ1) is 15.0. The molecule has 2 aromatic heterocycles. The number of aromatic nitrogens is 3.